The molecule has 0 saturated carbocycles. The second-order valence-corrected chi connectivity index (χ2v) is 4.27. The predicted molar refractivity (Wildman–Crippen MR) is 64.9 cm³/mol. The van der Waals surface area contributed by atoms with E-state index in [0.717, 1.165) is 11.3 Å². The van der Waals surface area contributed by atoms with Crippen LogP contribution in [-0.4, -0.2) is 23.3 Å². The van der Waals surface area contributed by atoms with Gasteiger partial charge in [0.15, 0.2) is 11.5 Å². The van der Waals surface area contributed by atoms with Crippen molar-refractivity contribution in [2.45, 2.75) is 0 Å². The van der Waals surface area contributed by atoms with E-state index in [1.54, 1.807) is 23.6 Å². The van der Waals surface area contributed by atoms with E-state index < -0.39 is 5.97 Å². The molecule has 0 amide bonds. The Morgan fingerprint density at radius 3 is 2.71 bits per heavy atom. The van der Waals surface area contributed by atoms with Gasteiger partial charge in [-0.2, -0.15) is 0 Å². The van der Waals surface area contributed by atoms with Crippen LogP contribution in [0.25, 0.3) is 11.1 Å². The second kappa shape index (κ2) is 4.47. The molecule has 1 aromatic heterocycles. The molecule has 0 aliphatic heterocycles. The molecular formula is C12H10O4S. The Bertz CT molecular complexity index is 559. The summed E-state index contributed by atoms with van der Waals surface area (Å²) in [4.78, 5) is 11.2. The van der Waals surface area contributed by atoms with Gasteiger partial charge in [-0.25, -0.2) is 4.79 Å². The zero-order chi connectivity index (χ0) is 12.4. The van der Waals surface area contributed by atoms with Gasteiger partial charge in [0.1, 0.15) is 4.88 Å². The maximum absolute atomic E-state index is 11.0. The summed E-state index contributed by atoms with van der Waals surface area (Å²) in [5.41, 5.74) is 1.25. The van der Waals surface area contributed by atoms with Crippen LogP contribution in [0.3, 0.4) is 0 Å². The molecule has 2 aromatic rings. The Kier molecular flexibility index (Phi) is 3.01. The molecule has 1 aromatic carbocycles. The fourth-order valence-corrected chi connectivity index (χ4v) is 2.31. The Balaban J connectivity index is 2.50. The number of thiophene rings is 1. The lowest BCUT2D eigenvalue weighted by Gasteiger charge is -2.06. The average molecular weight is 250 g/mol. The summed E-state index contributed by atoms with van der Waals surface area (Å²) in [6.07, 6.45) is 0. The molecule has 88 valence electrons. The van der Waals surface area contributed by atoms with Crippen molar-refractivity contribution in [1.29, 1.82) is 0 Å². The van der Waals surface area contributed by atoms with Gasteiger partial charge in [-0.05, 0) is 29.1 Å². The van der Waals surface area contributed by atoms with E-state index in [9.17, 15) is 9.90 Å². The van der Waals surface area contributed by atoms with Crippen LogP contribution in [0.2, 0.25) is 0 Å². The number of hydrogen-bond acceptors (Lipinski definition) is 4. The largest absolute Gasteiger partial charge is 0.504 e. The first-order valence-corrected chi connectivity index (χ1v) is 5.69. The zero-order valence-electron chi connectivity index (χ0n) is 9.01. The lowest BCUT2D eigenvalue weighted by atomic mass is 10.1. The van der Waals surface area contributed by atoms with Gasteiger partial charge in [-0.15, -0.1) is 11.3 Å². The molecule has 0 aliphatic rings. The number of phenols is 1. The summed E-state index contributed by atoms with van der Waals surface area (Å²) in [7, 11) is 1.46. The van der Waals surface area contributed by atoms with E-state index in [-0.39, 0.29) is 10.6 Å². The molecular weight excluding hydrogens is 240 g/mol. The summed E-state index contributed by atoms with van der Waals surface area (Å²) in [6.45, 7) is 0. The lowest BCUT2D eigenvalue weighted by molar-refractivity contribution is 0.0703. The number of methoxy groups -OCH3 is 1. The molecule has 0 saturated heterocycles. The highest BCUT2D eigenvalue weighted by molar-refractivity contribution is 7.12. The minimum Gasteiger partial charge on any atom is -0.504 e. The van der Waals surface area contributed by atoms with E-state index in [4.69, 9.17) is 9.84 Å². The van der Waals surface area contributed by atoms with Gasteiger partial charge in [0, 0.05) is 5.56 Å². The third kappa shape index (κ3) is 2.09. The lowest BCUT2D eigenvalue weighted by Crippen LogP contribution is -1.94. The summed E-state index contributed by atoms with van der Waals surface area (Å²) >= 11 is 1.16. The first-order valence-electron chi connectivity index (χ1n) is 4.81. The van der Waals surface area contributed by atoms with Crippen molar-refractivity contribution < 1.29 is 19.7 Å². The minimum absolute atomic E-state index is 0.00691. The van der Waals surface area contributed by atoms with Crippen LogP contribution in [0.4, 0.5) is 0 Å². The molecule has 0 radical (unpaired) electrons. The van der Waals surface area contributed by atoms with Gasteiger partial charge in [-0.3, -0.25) is 0 Å². The Labute approximate surface area is 102 Å². The summed E-state index contributed by atoms with van der Waals surface area (Å²) in [5.74, 6) is -0.612. The molecule has 0 spiro atoms. The third-order valence-electron chi connectivity index (χ3n) is 2.35. The standard InChI is InChI=1S/C12H10O4S/c1-16-10-3-2-7(6-9(10)13)8-4-5-17-11(8)12(14)15/h2-6,13H,1H3,(H,14,15). The van der Waals surface area contributed by atoms with E-state index >= 15 is 0 Å². The molecule has 0 aliphatic carbocycles. The third-order valence-corrected chi connectivity index (χ3v) is 3.25. The highest BCUT2D eigenvalue weighted by Gasteiger charge is 2.14. The number of phenolic OH excluding ortho intramolecular Hbond substituents is 1. The molecule has 4 nitrogen and oxygen atoms in total. The Morgan fingerprint density at radius 1 is 1.35 bits per heavy atom. The van der Waals surface area contributed by atoms with E-state index in [2.05, 4.69) is 0 Å². The molecule has 5 heteroatoms. The smallest absolute Gasteiger partial charge is 0.346 e. The maximum Gasteiger partial charge on any atom is 0.346 e. The fraction of sp³-hybridized carbons (Fsp3) is 0.0833. The zero-order valence-corrected chi connectivity index (χ0v) is 9.82. The van der Waals surface area contributed by atoms with Crippen molar-refractivity contribution in [3.8, 4) is 22.6 Å². The predicted octanol–water partition coefficient (Wildman–Crippen LogP) is 2.83. The second-order valence-electron chi connectivity index (χ2n) is 3.36. The monoisotopic (exact) mass is 250 g/mol. The summed E-state index contributed by atoms with van der Waals surface area (Å²) < 4.78 is 4.93. The van der Waals surface area contributed by atoms with Crippen molar-refractivity contribution in [2.75, 3.05) is 7.11 Å². The van der Waals surface area contributed by atoms with Gasteiger partial charge in [-0.1, -0.05) is 6.07 Å². The summed E-state index contributed by atoms with van der Waals surface area (Å²) in [6, 6.07) is 6.53. The Hall–Kier alpha value is -2.01. The van der Waals surface area contributed by atoms with Crippen LogP contribution in [0.15, 0.2) is 29.6 Å². The van der Waals surface area contributed by atoms with Crippen LogP contribution in [0.5, 0.6) is 11.5 Å². The fourth-order valence-electron chi connectivity index (χ4n) is 1.56. The number of carboxylic acids is 1. The van der Waals surface area contributed by atoms with Gasteiger partial charge in [0.25, 0.3) is 0 Å². The van der Waals surface area contributed by atoms with Crippen molar-refractivity contribution >= 4 is 17.3 Å². The first-order chi connectivity index (χ1) is 8.13. The van der Waals surface area contributed by atoms with Crippen LogP contribution in [0, 0.1) is 0 Å². The van der Waals surface area contributed by atoms with Gasteiger partial charge < -0.3 is 14.9 Å². The molecule has 0 bridgehead atoms. The highest BCUT2D eigenvalue weighted by atomic mass is 32.1. The van der Waals surface area contributed by atoms with Crippen molar-refractivity contribution in [3.05, 3.63) is 34.5 Å². The van der Waals surface area contributed by atoms with Crippen LogP contribution in [-0.2, 0) is 0 Å². The van der Waals surface area contributed by atoms with Gasteiger partial charge >= 0.3 is 5.97 Å². The van der Waals surface area contributed by atoms with E-state index in [0.29, 0.717) is 16.9 Å². The summed E-state index contributed by atoms with van der Waals surface area (Å²) in [5, 5.41) is 20.4. The number of hydrogen-bond donors (Lipinski definition) is 2. The van der Waals surface area contributed by atoms with Crippen LogP contribution in [0.1, 0.15) is 9.67 Å². The number of aromatic hydroxyl groups is 1. The van der Waals surface area contributed by atoms with Gasteiger partial charge in [0.2, 0.25) is 0 Å². The maximum atomic E-state index is 11.0. The van der Waals surface area contributed by atoms with E-state index in [1.165, 1.54) is 13.2 Å². The van der Waals surface area contributed by atoms with Gasteiger partial charge in [0.05, 0.1) is 7.11 Å². The average Bonchev–Trinajstić information content (AvgIpc) is 2.77. The number of carbonyl (C=O) groups is 1. The normalized spacial score (nSPS) is 10.2. The van der Waals surface area contributed by atoms with E-state index in [1.807, 2.05) is 0 Å². The van der Waals surface area contributed by atoms with Crippen molar-refractivity contribution in [1.82, 2.24) is 0 Å². The van der Waals surface area contributed by atoms with Crippen molar-refractivity contribution in [2.24, 2.45) is 0 Å². The molecule has 1 heterocycles. The number of rotatable bonds is 3. The molecule has 0 atom stereocenters. The minimum atomic E-state index is -0.967. The first kappa shape index (κ1) is 11.5. The molecule has 17 heavy (non-hydrogen) atoms. The number of ether oxygens (including phenoxy) is 1. The molecule has 2 rings (SSSR count). The number of aromatic carboxylic acids is 1. The molecule has 0 unspecified atom stereocenters. The SMILES string of the molecule is COc1ccc(-c2ccsc2C(=O)O)cc1O. The number of carboxylic acid groups (broad SMARTS) is 1. The quantitative estimate of drug-likeness (QED) is 0.879. The molecule has 0 fully saturated rings. The number of benzene rings is 1. The van der Waals surface area contributed by atoms with Crippen molar-refractivity contribution in [3.63, 3.8) is 0 Å². The Morgan fingerprint density at radius 2 is 2.12 bits per heavy atom. The van der Waals surface area contributed by atoms with Crippen LogP contribution < -0.4 is 4.74 Å². The molecule has 2 N–H and O–H groups in total. The van der Waals surface area contributed by atoms with Crippen LogP contribution >= 0.6 is 11.3 Å². The topological polar surface area (TPSA) is 66.8 Å². The highest BCUT2D eigenvalue weighted by Crippen LogP contribution is 2.34.